The molecular weight excluding hydrogens is 276 g/mol. The lowest BCUT2D eigenvalue weighted by atomic mass is 10.1. The van der Waals surface area contributed by atoms with Gasteiger partial charge in [-0.3, -0.25) is 4.79 Å². The molecule has 0 amide bonds. The number of benzene rings is 2. The predicted molar refractivity (Wildman–Crippen MR) is 87.9 cm³/mol. The van der Waals surface area contributed by atoms with E-state index in [0.29, 0.717) is 11.5 Å². The van der Waals surface area contributed by atoms with Crippen molar-refractivity contribution >= 4 is 5.69 Å². The summed E-state index contributed by atoms with van der Waals surface area (Å²) in [6.45, 7) is 0. The van der Waals surface area contributed by atoms with Gasteiger partial charge < -0.3 is 9.88 Å². The topological polar surface area (TPSA) is 61.9 Å². The van der Waals surface area contributed by atoms with Crippen LogP contribution in [0.5, 0.6) is 0 Å². The van der Waals surface area contributed by atoms with Crippen LogP contribution < -0.4 is 10.5 Å². The number of hydrogen-bond acceptors (Lipinski definition) is 4. The van der Waals surface area contributed by atoms with Crippen LogP contribution in [-0.4, -0.2) is 29.3 Å². The van der Waals surface area contributed by atoms with Crippen LogP contribution in [-0.2, 0) is 0 Å². The second kappa shape index (κ2) is 5.81. The summed E-state index contributed by atoms with van der Waals surface area (Å²) in [6.07, 6.45) is 0. The van der Waals surface area contributed by atoms with Crippen LogP contribution in [0.4, 0.5) is 5.69 Å². The largest absolute Gasteiger partial charge is 0.377 e. The van der Waals surface area contributed by atoms with Gasteiger partial charge in [0.1, 0.15) is 0 Å². The van der Waals surface area contributed by atoms with E-state index in [4.69, 9.17) is 0 Å². The van der Waals surface area contributed by atoms with Crippen LogP contribution in [0, 0.1) is 0 Å². The van der Waals surface area contributed by atoms with Crippen LogP contribution in [0.3, 0.4) is 0 Å². The summed E-state index contributed by atoms with van der Waals surface area (Å²) < 4.78 is 0. The van der Waals surface area contributed by atoms with Gasteiger partial charge in [-0.1, -0.05) is 48.5 Å². The van der Waals surface area contributed by atoms with Crippen molar-refractivity contribution < 1.29 is 0 Å². The summed E-state index contributed by atoms with van der Waals surface area (Å²) in [5.74, 6) is 0.469. The molecule has 0 bridgehead atoms. The molecule has 2 aromatic carbocycles. The first-order valence-electron chi connectivity index (χ1n) is 6.96. The van der Waals surface area contributed by atoms with Crippen molar-refractivity contribution in [2.75, 3.05) is 19.0 Å². The predicted octanol–water partition coefficient (Wildman–Crippen LogP) is 2.56. The van der Waals surface area contributed by atoms with Crippen molar-refractivity contribution in [1.82, 2.24) is 15.2 Å². The van der Waals surface area contributed by atoms with Gasteiger partial charge in [0, 0.05) is 30.9 Å². The maximum atomic E-state index is 12.4. The third kappa shape index (κ3) is 2.61. The molecule has 110 valence electrons. The van der Waals surface area contributed by atoms with Gasteiger partial charge in [0.15, 0.2) is 11.5 Å². The molecular formula is C17H16N4O. The van der Waals surface area contributed by atoms with Gasteiger partial charge in [-0.15, -0.1) is 10.2 Å². The van der Waals surface area contributed by atoms with Crippen molar-refractivity contribution in [3.05, 3.63) is 65.0 Å². The Morgan fingerprint density at radius 2 is 1.59 bits per heavy atom. The molecule has 22 heavy (non-hydrogen) atoms. The highest BCUT2D eigenvalue weighted by Crippen LogP contribution is 2.25. The van der Waals surface area contributed by atoms with E-state index in [2.05, 4.69) is 15.2 Å². The molecule has 0 radical (unpaired) electrons. The van der Waals surface area contributed by atoms with Gasteiger partial charge >= 0.3 is 0 Å². The number of nitrogens with zero attached hydrogens (tertiary/aromatic N) is 3. The zero-order chi connectivity index (χ0) is 15.5. The minimum Gasteiger partial charge on any atom is -0.377 e. The Morgan fingerprint density at radius 3 is 2.27 bits per heavy atom. The maximum Gasteiger partial charge on any atom is 0.278 e. The average Bonchev–Trinajstić information content (AvgIpc) is 2.55. The quantitative estimate of drug-likeness (QED) is 0.806. The minimum absolute atomic E-state index is 0.247. The Hall–Kier alpha value is -2.95. The third-order valence-electron chi connectivity index (χ3n) is 3.39. The number of anilines is 1. The van der Waals surface area contributed by atoms with Crippen LogP contribution in [0.15, 0.2) is 59.4 Å². The smallest absolute Gasteiger partial charge is 0.278 e. The molecule has 0 spiro atoms. The molecule has 0 atom stereocenters. The first kappa shape index (κ1) is 14.0. The SMILES string of the molecule is CN(C)c1ccccc1-c1nnc(-c2ccccc2)[nH]c1=O. The second-order valence-corrected chi connectivity index (χ2v) is 5.13. The van der Waals surface area contributed by atoms with Crippen LogP contribution >= 0.6 is 0 Å². The summed E-state index contributed by atoms with van der Waals surface area (Å²) in [5.41, 5.74) is 2.60. The van der Waals surface area contributed by atoms with Gasteiger partial charge in [0.2, 0.25) is 0 Å². The number of rotatable bonds is 3. The van der Waals surface area contributed by atoms with Crippen LogP contribution in [0.2, 0.25) is 0 Å². The van der Waals surface area contributed by atoms with E-state index >= 15 is 0 Å². The zero-order valence-corrected chi connectivity index (χ0v) is 12.4. The summed E-state index contributed by atoms with van der Waals surface area (Å²) in [4.78, 5) is 17.2. The van der Waals surface area contributed by atoms with E-state index in [-0.39, 0.29) is 5.56 Å². The lowest BCUT2D eigenvalue weighted by molar-refractivity contribution is 0.961. The molecule has 5 nitrogen and oxygen atoms in total. The van der Waals surface area contributed by atoms with E-state index < -0.39 is 0 Å². The normalized spacial score (nSPS) is 10.5. The lowest BCUT2D eigenvalue weighted by Gasteiger charge is -2.16. The number of nitrogens with one attached hydrogen (secondary N) is 1. The molecule has 3 aromatic rings. The molecule has 1 aromatic heterocycles. The Kier molecular flexibility index (Phi) is 3.70. The molecule has 0 saturated heterocycles. The number of aromatic nitrogens is 3. The monoisotopic (exact) mass is 292 g/mol. The maximum absolute atomic E-state index is 12.4. The van der Waals surface area contributed by atoms with E-state index in [1.807, 2.05) is 73.6 Å². The number of para-hydroxylation sites is 1. The fourth-order valence-corrected chi connectivity index (χ4v) is 2.30. The zero-order valence-electron chi connectivity index (χ0n) is 12.4. The number of aromatic amines is 1. The fraction of sp³-hybridized carbons (Fsp3) is 0.118. The number of hydrogen-bond donors (Lipinski definition) is 1. The average molecular weight is 292 g/mol. The van der Waals surface area contributed by atoms with E-state index in [9.17, 15) is 4.79 Å². The first-order valence-corrected chi connectivity index (χ1v) is 6.96. The molecule has 3 rings (SSSR count). The second-order valence-electron chi connectivity index (χ2n) is 5.13. The Bertz CT molecular complexity index is 841. The molecule has 0 aliphatic rings. The van der Waals surface area contributed by atoms with Crippen molar-refractivity contribution in [3.8, 4) is 22.6 Å². The summed E-state index contributed by atoms with van der Waals surface area (Å²) in [6, 6.07) is 17.1. The van der Waals surface area contributed by atoms with E-state index in [0.717, 1.165) is 16.8 Å². The Labute approximate surface area is 128 Å². The van der Waals surface area contributed by atoms with E-state index in [1.54, 1.807) is 0 Å². The molecule has 0 aliphatic carbocycles. The van der Waals surface area contributed by atoms with Gasteiger partial charge in [0.25, 0.3) is 5.56 Å². The highest BCUT2D eigenvalue weighted by molar-refractivity contribution is 5.75. The van der Waals surface area contributed by atoms with Gasteiger partial charge in [-0.2, -0.15) is 0 Å². The lowest BCUT2D eigenvalue weighted by Crippen LogP contribution is -2.17. The van der Waals surface area contributed by atoms with Gasteiger partial charge in [-0.25, -0.2) is 0 Å². The third-order valence-corrected chi connectivity index (χ3v) is 3.39. The molecule has 5 heteroatoms. The fourth-order valence-electron chi connectivity index (χ4n) is 2.30. The van der Waals surface area contributed by atoms with Crippen molar-refractivity contribution in [3.63, 3.8) is 0 Å². The standard InChI is InChI=1S/C17H16N4O/c1-21(2)14-11-7-6-10-13(14)15-17(22)18-16(20-19-15)12-8-4-3-5-9-12/h3-11H,1-2H3,(H,18,20,22). The Morgan fingerprint density at radius 1 is 0.909 bits per heavy atom. The van der Waals surface area contributed by atoms with Crippen molar-refractivity contribution in [1.29, 1.82) is 0 Å². The molecule has 1 N–H and O–H groups in total. The van der Waals surface area contributed by atoms with Gasteiger partial charge in [0.05, 0.1) is 0 Å². The molecule has 1 heterocycles. The van der Waals surface area contributed by atoms with Gasteiger partial charge in [-0.05, 0) is 6.07 Å². The number of H-pyrrole nitrogens is 1. The summed E-state index contributed by atoms with van der Waals surface area (Å²) >= 11 is 0. The van der Waals surface area contributed by atoms with Crippen LogP contribution in [0.1, 0.15) is 0 Å². The highest BCUT2D eigenvalue weighted by Gasteiger charge is 2.13. The molecule has 0 fully saturated rings. The molecule has 0 unspecified atom stereocenters. The highest BCUT2D eigenvalue weighted by atomic mass is 16.1. The van der Waals surface area contributed by atoms with Crippen molar-refractivity contribution in [2.45, 2.75) is 0 Å². The van der Waals surface area contributed by atoms with Crippen LogP contribution in [0.25, 0.3) is 22.6 Å². The van der Waals surface area contributed by atoms with Crippen molar-refractivity contribution in [2.24, 2.45) is 0 Å². The summed E-state index contributed by atoms with van der Waals surface area (Å²) in [5, 5.41) is 8.31. The minimum atomic E-state index is -0.247. The molecule has 0 aliphatic heterocycles. The summed E-state index contributed by atoms with van der Waals surface area (Å²) in [7, 11) is 3.86. The van der Waals surface area contributed by atoms with E-state index in [1.165, 1.54) is 0 Å². The Balaban J connectivity index is 2.10. The first-order chi connectivity index (χ1) is 10.7. The molecule has 0 saturated carbocycles.